The number of hydrogen-bond acceptors (Lipinski definition) is 3. The highest BCUT2D eigenvalue weighted by molar-refractivity contribution is 7.14. The molecule has 0 radical (unpaired) electrons. The van der Waals surface area contributed by atoms with Crippen molar-refractivity contribution in [3.63, 3.8) is 0 Å². The molecule has 1 heterocycles. The Labute approximate surface area is 131 Å². The van der Waals surface area contributed by atoms with Gasteiger partial charge in [0.05, 0.1) is 5.69 Å². The summed E-state index contributed by atoms with van der Waals surface area (Å²) < 4.78 is 0. The third-order valence-electron chi connectivity index (χ3n) is 2.91. The first kappa shape index (κ1) is 13.8. The van der Waals surface area contributed by atoms with Crippen molar-refractivity contribution in [1.29, 1.82) is 0 Å². The molecule has 0 aliphatic carbocycles. The van der Waals surface area contributed by atoms with Crippen molar-refractivity contribution < 1.29 is 4.79 Å². The molecule has 5 heteroatoms. The van der Waals surface area contributed by atoms with E-state index in [1.54, 1.807) is 12.1 Å². The molecule has 3 aromatic rings. The van der Waals surface area contributed by atoms with Gasteiger partial charge in [-0.2, -0.15) is 0 Å². The van der Waals surface area contributed by atoms with Crippen LogP contribution in [0, 0.1) is 0 Å². The van der Waals surface area contributed by atoms with Crippen LogP contribution in [0.25, 0.3) is 11.3 Å². The smallest absolute Gasteiger partial charge is 0.257 e. The zero-order valence-electron chi connectivity index (χ0n) is 10.9. The van der Waals surface area contributed by atoms with E-state index in [0.29, 0.717) is 15.7 Å². The van der Waals surface area contributed by atoms with E-state index in [0.717, 1.165) is 11.3 Å². The van der Waals surface area contributed by atoms with E-state index in [9.17, 15) is 4.79 Å². The van der Waals surface area contributed by atoms with Gasteiger partial charge in [-0.1, -0.05) is 48.0 Å². The summed E-state index contributed by atoms with van der Waals surface area (Å²) >= 11 is 7.52. The normalized spacial score (nSPS) is 10.3. The maximum atomic E-state index is 12.1. The second-order valence-electron chi connectivity index (χ2n) is 4.34. The average Bonchev–Trinajstić information content (AvgIpc) is 2.97. The summed E-state index contributed by atoms with van der Waals surface area (Å²) in [6.45, 7) is 0. The fourth-order valence-corrected chi connectivity index (χ4v) is 2.82. The highest BCUT2D eigenvalue weighted by Crippen LogP contribution is 2.30. The molecule has 0 bridgehead atoms. The lowest BCUT2D eigenvalue weighted by Crippen LogP contribution is -2.11. The number of nitrogens with one attached hydrogen (secondary N) is 1. The Morgan fingerprint density at radius 1 is 1.05 bits per heavy atom. The SMILES string of the molecule is O=C(Nc1nc(-c2ccccc2Cl)cs1)c1ccccc1. The molecule has 0 spiro atoms. The van der Waals surface area contributed by atoms with Crippen molar-refractivity contribution in [3.8, 4) is 11.3 Å². The van der Waals surface area contributed by atoms with Crippen LogP contribution in [-0.4, -0.2) is 10.9 Å². The molecule has 1 N–H and O–H groups in total. The number of carbonyl (C=O) groups excluding carboxylic acids is 1. The fourth-order valence-electron chi connectivity index (χ4n) is 1.88. The van der Waals surface area contributed by atoms with Gasteiger partial charge in [0.1, 0.15) is 0 Å². The molecular formula is C16H11ClN2OS. The minimum Gasteiger partial charge on any atom is -0.298 e. The Morgan fingerprint density at radius 2 is 1.76 bits per heavy atom. The van der Waals surface area contributed by atoms with Gasteiger partial charge >= 0.3 is 0 Å². The van der Waals surface area contributed by atoms with Gasteiger partial charge < -0.3 is 0 Å². The summed E-state index contributed by atoms with van der Waals surface area (Å²) in [6.07, 6.45) is 0. The fraction of sp³-hybridized carbons (Fsp3) is 0. The number of thiazole rings is 1. The number of halogens is 1. The van der Waals surface area contributed by atoms with Gasteiger partial charge in [-0.05, 0) is 18.2 Å². The van der Waals surface area contributed by atoms with E-state index < -0.39 is 0 Å². The lowest BCUT2D eigenvalue weighted by atomic mass is 10.2. The lowest BCUT2D eigenvalue weighted by Gasteiger charge is -2.01. The summed E-state index contributed by atoms with van der Waals surface area (Å²) in [4.78, 5) is 16.5. The zero-order chi connectivity index (χ0) is 14.7. The second-order valence-corrected chi connectivity index (χ2v) is 5.60. The Balaban J connectivity index is 1.80. The van der Waals surface area contributed by atoms with Gasteiger partial charge in [0, 0.05) is 21.5 Å². The number of amides is 1. The number of benzene rings is 2. The third-order valence-corrected chi connectivity index (χ3v) is 4.00. The van der Waals surface area contributed by atoms with Crippen molar-refractivity contribution in [2.75, 3.05) is 5.32 Å². The van der Waals surface area contributed by atoms with E-state index >= 15 is 0 Å². The van der Waals surface area contributed by atoms with Crippen LogP contribution in [0.5, 0.6) is 0 Å². The van der Waals surface area contributed by atoms with Crippen molar-refractivity contribution >= 4 is 34.0 Å². The van der Waals surface area contributed by atoms with Crippen LogP contribution < -0.4 is 5.32 Å². The largest absolute Gasteiger partial charge is 0.298 e. The van der Waals surface area contributed by atoms with Crippen LogP contribution in [0.2, 0.25) is 5.02 Å². The molecule has 0 fully saturated rings. The van der Waals surface area contributed by atoms with Gasteiger partial charge in [0.25, 0.3) is 5.91 Å². The summed E-state index contributed by atoms with van der Waals surface area (Å²) in [7, 11) is 0. The van der Waals surface area contributed by atoms with Crippen molar-refractivity contribution in [3.05, 3.63) is 70.6 Å². The van der Waals surface area contributed by atoms with Crippen molar-refractivity contribution in [2.45, 2.75) is 0 Å². The van der Waals surface area contributed by atoms with Crippen LogP contribution in [0.4, 0.5) is 5.13 Å². The van der Waals surface area contributed by atoms with E-state index in [1.165, 1.54) is 11.3 Å². The van der Waals surface area contributed by atoms with E-state index in [1.807, 2.05) is 47.8 Å². The summed E-state index contributed by atoms with van der Waals surface area (Å²) in [5.41, 5.74) is 2.22. The van der Waals surface area contributed by atoms with E-state index in [4.69, 9.17) is 11.6 Å². The third kappa shape index (κ3) is 3.12. The van der Waals surface area contributed by atoms with Crippen molar-refractivity contribution in [1.82, 2.24) is 4.98 Å². The van der Waals surface area contributed by atoms with Gasteiger partial charge in [0.2, 0.25) is 0 Å². The maximum Gasteiger partial charge on any atom is 0.257 e. The molecule has 21 heavy (non-hydrogen) atoms. The molecule has 2 aromatic carbocycles. The Hall–Kier alpha value is -2.17. The first-order valence-electron chi connectivity index (χ1n) is 6.31. The standard InChI is InChI=1S/C16H11ClN2OS/c17-13-9-5-4-8-12(13)14-10-21-16(18-14)19-15(20)11-6-2-1-3-7-11/h1-10H,(H,18,19,20). The molecule has 1 aromatic heterocycles. The number of nitrogens with zero attached hydrogens (tertiary/aromatic N) is 1. The molecule has 0 atom stereocenters. The predicted molar refractivity (Wildman–Crippen MR) is 87.0 cm³/mol. The van der Waals surface area contributed by atoms with Gasteiger partial charge in [0.15, 0.2) is 5.13 Å². The van der Waals surface area contributed by atoms with Gasteiger partial charge in [-0.15, -0.1) is 11.3 Å². The minimum absolute atomic E-state index is 0.171. The number of carbonyl (C=O) groups is 1. The highest BCUT2D eigenvalue weighted by Gasteiger charge is 2.11. The maximum absolute atomic E-state index is 12.1. The lowest BCUT2D eigenvalue weighted by molar-refractivity contribution is 0.102. The molecule has 104 valence electrons. The quantitative estimate of drug-likeness (QED) is 0.760. The minimum atomic E-state index is -0.171. The number of rotatable bonds is 3. The molecule has 0 aliphatic heterocycles. The molecule has 0 unspecified atom stereocenters. The monoisotopic (exact) mass is 314 g/mol. The van der Waals surface area contributed by atoms with Crippen LogP contribution in [0.15, 0.2) is 60.0 Å². The Bertz CT molecular complexity index is 771. The van der Waals surface area contributed by atoms with Gasteiger partial charge in [-0.25, -0.2) is 4.98 Å². The van der Waals surface area contributed by atoms with E-state index in [-0.39, 0.29) is 5.91 Å². The molecular weight excluding hydrogens is 304 g/mol. The zero-order valence-corrected chi connectivity index (χ0v) is 12.5. The Kier molecular flexibility index (Phi) is 3.99. The first-order chi connectivity index (χ1) is 10.2. The van der Waals surface area contributed by atoms with Crippen LogP contribution in [0.1, 0.15) is 10.4 Å². The molecule has 0 saturated carbocycles. The number of aromatic nitrogens is 1. The molecule has 1 amide bonds. The van der Waals surface area contributed by atoms with Crippen LogP contribution >= 0.6 is 22.9 Å². The topological polar surface area (TPSA) is 42.0 Å². The van der Waals surface area contributed by atoms with Crippen molar-refractivity contribution in [2.24, 2.45) is 0 Å². The average molecular weight is 315 g/mol. The highest BCUT2D eigenvalue weighted by atomic mass is 35.5. The van der Waals surface area contributed by atoms with E-state index in [2.05, 4.69) is 10.3 Å². The molecule has 0 saturated heterocycles. The molecule has 3 nitrogen and oxygen atoms in total. The first-order valence-corrected chi connectivity index (χ1v) is 7.56. The number of anilines is 1. The van der Waals surface area contributed by atoms with Crippen LogP contribution in [-0.2, 0) is 0 Å². The predicted octanol–water partition coefficient (Wildman–Crippen LogP) is 4.72. The molecule has 3 rings (SSSR count). The summed E-state index contributed by atoms with van der Waals surface area (Å²) in [5, 5.41) is 5.87. The second kappa shape index (κ2) is 6.08. The van der Waals surface area contributed by atoms with Crippen LogP contribution in [0.3, 0.4) is 0 Å². The van der Waals surface area contributed by atoms with Gasteiger partial charge in [-0.3, -0.25) is 10.1 Å². The summed E-state index contributed by atoms with van der Waals surface area (Å²) in [6, 6.07) is 16.5. The number of hydrogen-bond donors (Lipinski definition) is 1. The Morgan fingerprint density at radius 3 is 2.52 bits per heavy atom. The summed E-state index contributed by atoms with van der Waals surface area (Å²) in [5.74, 6) is -0.171. The molecule has 0 aliphatic rings.